The smallest absolute Gasteiger partial charge is 0.212 e. The standard InChI is InChI=1S/C12H26NO2S/c1-4-7-8-9-10-12-16(14,15)13(6-3)11-5-2/h3-12H2,1-2H3. The molecule has 0 fully saturated rings. The zero-order valence-electron chi connectivity index (χ0n) is 10.7. The quantitative estimate of drug-likeness (QED) is 0.557. The van der Waals surface area contributed by atoms with E-state index in [2.05, 4.69) is 13.8 Å². The molecular weight excluding hydrogens is 222 g/mol. The topological polar surface area (TPSA) is 37.4 Å². The molecule has 0 unspecified atom stereocenters. The second-order valence-corrected chi connectivity index (χ2v) is 6.22. The summed E-state index contributed by atoms with van der Waals surface area (Å²) < 4.78 is 25.2. The normalized spacial score (nSPS) is 12.2. The molecule has 0 rings (SSSR count). The van der Waals surface area contributed by atoms with Crippen LogP contribution in [0.5, 0.6) is 0 Å². The van der Waals surface area contributed by atoms with Crippen molar-refractivity contribution in [3.8, 4) is 0 Å². The monoisotopic (exact) mass is 248 g/mol. The first kappa shape index (κ1) is 15.9. The molecule has 0 saturated heterocycles. The number of hydrogen-bond donors (Lipinski definition) is 0. The predicted molar refractivity (Wildman–Crippen MR) is 69.8 cm³/mol. The Morgan fingerprint density at radius 2 is 1.62 bits per heavy atom. The van der Waals surface area contributed by atoms with Crippen molar-refractivity contribution < 1.29 is 8.42 Å². The van der Waals surface area contributed by atoms with E-state index in [-0.39, 0.29) is 5.75 Å². The van der Waals surface area contributed by atoms with Gasteiger partial charge in [-0.2, -0.15) is 0 Å². The lowest BCUT2D eigenvalue weighted by molar-refractivity contribution is 0.438. The lowest BCUT2D eigenvalue weighted by Gasteiger charge is -2.19. The van der Waals surface area contributed by atoms with Crippen molar-refractivity contribution >= 4 is 10.0 Å². The van der Waals surface area contributed by atoms with E-state index in [1.165, 1.54) is 17.1 Å². The summed E-state index contributed by atoms with van der Waals surface area (Å²) in [6.07, 6.45) is 6.18. The summed E-state index contributed by atoms with van der Waals surface area (Å²) in [6.45, 7) is 8.77. The highest BCUT2D eigenvalue weighted by atomic mass is 32.2. The van der Waals surface area contributed by atoms with Gasteiger partial charge in [0.25, 0.3) is 0 Å². The van der Waals surface area contributed by atoms with Gasteiger partial charge in [0, 0.05) is 13.1 Å². The second-order valence-electron chi connectivity index (χ2n) is 4.13. The van der Waals surface area contributed by atoms with Crippen LogP contribution < -0.4 is 0 Å². The first-order valence-corrected chi connectivity index (χ1v) is 7.96. The molecule has 0 aliphatic rings. The van der Waals surface area contributed by atoms with Gasteiger partial charge in [-0.05, 0) is 19.8 Å². The van der Waals surface area contributed by atoms with Crippen LogP contribution in [-0.4, -0.2) is 31.6 Å². The molecule has 0 aliphatic carbocycles. The van der Waals surface area contributed by atoms with Gasteiger partial charge in [0.2, 0.25) is 10.0 Å². The fraction of sp³-hybridized carbons (Fsp3) is 0.917. The van der Waals surface area contributed by atoms with Gasteiger partial charge in [-0.25, -0.2) is 12.7 Å². The predicted octanol–water partition coefficient (Wildman–Crippen LogP) is 2.83. The van der Waals surface area contributed by atoms with Crippen LogP contribution in [0.1, 0.15) is 52.4 Å². The molecule has 0 amide bonds. The van der Waals surface area contributed by atoms with Crippen molar-refractivity contribution in [3.63, 3.8) is 0 Å². The molecule has 97 valence electrons. The van der Waals surface area contributed by atoms with Crippen molar-refractivity contribution in [1.29, 1.82) is 0 Å². The molecule has 0 spiro atoms. The zero-order chi connectivity index (χ0) is 12.4. The first-order valence-electron chi connectivity index (χ1n) is 6.35. The van der Waals surface area contributed by atoms with Gasteiger partial charge in [0.1, 0.15) is 0 Å². The summed E-state index contributed by atoms with van der Waals surface area (Å²) in [5.41, 5.74) is 0. The van der Waals surface area contributed by atoms with E-state index >= 15 is 0 Å². The summed E-state index contributed by atoms with van der Waals surface area (Å²) in [5, 5.41) is 0. The van der Waals surface area contributed by atoms with E-state index < -0.39 is 10.0 Å². The third kappa shape index (κ3) is 6.48. The maximum Gasteiger partial charge on any atom is 0.214 e. The minimum absolute atomic E-state index is 0.284. The number of rotatable bonds is 10. The molecule has 0 aromatic heterocycles. The number of unbranched alkanes of at least 4 members (excludes halogenated alkanes) is 4. The summed E-state index contributed by atoms with van der Waals surface area (Å²) in [7, 11) is -3.05. The van der Waals surface area contributed by atoms with E-state index in [1.807, 2.05) is 6.92 Å². The molecule has 0 aliphatic heterocycles. The Labute approximate surface area is 101 Å². The Bertz CT molecular complexity index is 250. The first-order chi connectivity index (χ1) is 7.58. The van der Waals surface area contributed by atoms with Crippen LogP contribution in [0.3, 0.4) is 0 Å². The third-order valence-electron chi connectivity index (χ3n) is 2.62. The number of hydrogen-bond acceptors (Lipinski definition) is 2. The van der Waals surface area contributed by atoms with Crippen LogP contribution in [0.15, 0.2) is 0 Å². The molecule has 0 bridgehead atoms. The maximum atomic E-state index is 11.9. The third-order valence-corrected chi connectivity index (χ3v) is 4.58. The van der Waals surface area contributed by atoms with Crippen molar-refractivity contribution in [1.82, 2.24) is 4.31 Å². The van der Waals surface area contributed by atoms with E-state index in [0.29, 0.717) is 13.1 Å². The average molecular weight is 248 g/mol. The fourth-order valence-electron chi connectivity index (χ4n) is 1.66. The summed E-state index contributed by atoms with van der Waals surface area (Å²) in [4.78, 5) is 0. The largest absolute Gasteiger partial charge is 0.214 e. The lowest BCUT2D eigenvalue weighted by atomic mass is 10.2. The van der Waals surface area contributed by atoms with Gasteiger partial charge in [-0.1, -0.05) is 39.5 Å². The second kappa shape index (κ2) is 8.99. The molecule has 1 radical (unpaired) electrons. The molecule has 0 atom stereocenters. The van der Waals surface area contributed by atoms with Crippen molar-refractivity contribution in [2.24, 2.45) is 0 Å². The lowest BCUT2D eigenvalue weighted by Crippen LogP contribution is -2.33. The SMILES string of the molecule is [CH2]CN(CCC)S(=O)(=O)CCCCCCC. The van der Waals surface area contributed by atoms with Crippen LogP contribution in [0.25, 0.3) is 0 Å². The van der Waals surface area contributed by atoms with E-state index in [4.69, 9.17) is 0 Å². The Morgan fingerprint density at radius 3 is 2.12 bits per heavy atom. The van der Waals surface area contributed by atoms with Crippen LogP contribution >= 0.6 is 0 Å². The summed E-state index contributed by atoms with van der Waals surface area (Å²) in [5.74, 6) is 0.284. The molecule has 3 nitrogen and oxygen atoms in total. The van der Waals surface area contributed by atoms with Crippen LogP contribution in [0.4, 0.5) is 0 Å². The highest BCUT2D eigenvalue weighted by Crippen LogP contribution is 2.08. The Kier molecular flexibility index (Phi) is 8.94. The molecule has 0 aromatic rings. The maximum absolute atomic E-state index is 11.9. The van der Waals surface area contributed by atoms with E-state index in [9.17, 15) is 8.42 Å². The highest BCUT2D eigenvalue weighted by molar-refractivity contribution is 7.89. The minimum Gasteiger partial charge on any atom is -0.212 e. The van der Waals surface area contributed by atoms with Gasteiger partial charge in [0.15, 0.2) is 0 Å². The Hall–Kier alpha value is -0.0900. The molecule has 0 heterocycles. The molecular formula is C12H26NO2S. The number of nitrogens with zero attached hydrogens (tertiary/aromatic N) is 1. The van der Waals surface area contributed by atoms with E-state index in [0.717, 1.165) is 25.7 Å². The van der Waals surface area contributed by atoms with Crippen LogP contribution in [-0.2, 0) is 10.0 Å². The van der Waals surface area contributed by atoms with Gasteiger partial charge in [-0.15, -0.1) is 0 Å². The Balaban J connectivity index is 3.93. The number of sulfonamides is 1. The molecule has 4 heteroatoms. The minimum atomic E-state index is -3.05. The molecule has 0 N–H and O–H groups in total. The van der Waals surface area contributed by atoms with Gasteiger partial charge in [0.05, 0.1) is 5.75 Å². The molecule has 16 heavy (non-hydrogen) atoms. The van der Waals surface area contributed by atoms with E-state index in [1.54, 1.807) is 0 Å². The fourth-order valence-corrected chi connectivity index (χ4v) is 3.22. The van der Waals surface area contributed by atoms with Gasteiger partial charge < -0.3 is 0 Å². The van der Waals surface area contributed by atoms with Gasteiger partial charge in [-0.3, -0.25) is 0 Å². The molecule has 0 saturated carbocycles. The van der Waals surface area contributed by atoms with Crippen LogP contribution in [0.2, 0.25) is 0 Å². The van der Waals surface area contributed by atoms with Crippen molar-refractivity contribution in [2.45, 2.75) is 52.4 Å². The van der Waals surface area contributed by atoms with Crippen molar-refractivity contribution in [3.05, 3.63) is 6.92 Å². The van der Waals surface area contributed by atoms with Crippen LogP contribution in [0, 0.1) is 6.92 Å². The summed E-state index contributed by atoms with van der Waals surface area (Å²) in [6, 6.07) is 0. The Morgan fingerprint density at radius 1 is 1.00 bits per heavy atom. The zero-order valence-corrected chi connectivity index (χ0v) is 11.6. The highest BCUT2D eigenvalue weighted by Gasteiger charge is 2.18. The summed E-state index contributed by atoms with van der Waals surface area (Å²) >= 11 is 0. The van der Waals surface area contributed by atoms with Crippen molar-refractivity contribution in [2.75, 3.05) is 18.8 Å². The van der Waals surface area contributed by atoms with Gasteiger partial charge >= 0.3 is 0 Å². The molecule has 0 aromatic carbocycles. The average Bonchev–Trinajstić information content (AvgIpc) is 2.25.